The minimum absolute atomic E-state index is 0.0953. The molecule has 3 heteroatoms. The first-order chi connectivity index (χ1) is 8.16. The summed E-state index contributed by atoms with van der Waals surface area (Å²) >= 11 is 0. The topological polar surface area (TPSA) is 44.5 Å². The zero-order chi connectivity index (χ0) is 12.3. The molecule has 1 aromatic rings. The van der Waals surface area contributed by atoms with E-state index < -0.39 is 0 Å². The van der Waals surface area contributed by atoms with Crippen LogP contribution in [0.5, 0.6) is 0 Å². The maximum absolute atomic E-state index is 6.16. The van der Waals surface area contributed by atoms with E-state index in [2.05, 4.69) is 32.0 Å². The summed E-state index contributed by atoms with van der Waals surface area (Å²) in [6.45, 7) is 5.66. The van der Waals surface area contributed by atoms with Crippen molar-refractivity contribution in [2.24, 2.45) is 5.73 Å². The van der Waals surface area contributed by atoms with Gasteiger partial charge in [0.15, 0.2) is 6.29 Å². The number of hydrogen-bond acceptors (Lipinski definition) is 3. The maximum Gasteiger partial charge on any atom is 0.159 e. The van der Waals surface area contributed by atoms with Crippen molar-refractivity contribution in [3.8, 4) is 0 Å². The summed E-state index contributed by atoms with van der Waals surface area (Å²) in [6.07, 6.45) is 1.56. The van der Waals surface area contributed by atoms with Crippen molar-refractivity contribution in [1.29, 1.82) is 0 Å². The molecule has 1 unspecified atom stereocenters. The normalized spacial score (nSPS) is 18.5. The molecule has 0 amide bonds. The first kappa shape index (κ1) is 12.6. The second kappa shape index (κ2) is 5.63. The lowest BCUT2D eigenvalue weighted by Gasteiger charge is -2.18. The van der Waals surface area contributed by atoms with Gasteiger partial charge in [-0.3, -0.25) is 0 Å². The van der Waals surface area contributed by atoms with Gasteiger partial charge in [0.25, 0.3) is 0 Å². The Morgan fingerprint density at radius 2 is 1.82 bits per heavy atom. The van der Waals surface area contributed by atoms with E-state index in [-0.39, 0.29) is 12.3 Å². The van der Waals surface area contributed by atoms with Crippen LogP contribution in [0.1, 0.15) is 23.1 Å². The Morgan fingerprint density at radius 3 is 2.41 bits per heavy atom. The van der Waals surface area contributed by atoms with E-state index in [4.69, 9.17) is 15.2 Å². The Balaban J connectivity index is 1.95. The fourth-order valence-corrected chi connectivity index (χ4v) is 2.31. The molecule has 0 aliphatic carbocycles. The van der Waals surface area contributed by atoms with Crippen LogP contribution in [-0.2, 0) is 15.9 Å². The number of ether oxygens (including phenoxy) is 2. The minimum Gasteiger partial charge on any atom is -0.350 e. The molecule has 0 bridgehead atoms. The van der Waals surface area contributed by atoms with E-state index >= 15 is 0 Å². The number of hydrogen-bond donors (Lipinski definition) is 1. The van der Waals surface area contributed by atoms with Gasteiger partial charge in [0, 0.05) is 12.5 Å². The van der Waals surface area contributed by atoms with Crippen LogP contribution in [0.3, 0.4) is 0 Å². The predicted molar refractivity (Wildman–Crippen MR) is 67.9 cm³/mol. The van der Waals surface area contributed by atoms with E-state index in [0.717, 1.165) is 12.8 Å². The third-order valence-corrected chi connectivity index (χ3v) is 3.30. The average molecular weight is 235 g/mol. The van der Waals surface area contributed by atoms with Crippen molar-refractivity contribution in [2.45, 2.75) is 39.0 Å². The van der Waals surface area contributed by atoms with Crippen LogP contribution in [0.2, 0.25) is 0 Å². The highest BCUT2D eigenvalue weighted by atomic mass is 16.7. The molecular weight excluding hydrogens is 214 g/mol. The van der Waals surface area contributed by atoms with Crippen molar-refractivity contribution >= 4 is 0 Å². The molecule has 0 saturated carbocycles. The molecule has 1 saturated heterocycles. The summed E-state index contributed by atoms with van der Waals surface area (Å²) in [5, 5.41) is 0. The van der Waals surface area contributed by atoms with Crippen molar-refractivity contribution in [2.75, 3.05) is 13.2 Å². The molecular formula is C14H21NO2. The Bertz CT molecular complexity index is 352. The standard InChI is InChI=1S/C14H21NO2/c1-10-4-3-5-11(2)13(10)8-12(15)9-14-16-6-7-17-14/h3-5,12,14H,6-9,15H2,1-2H3. The van der Waals surface area contributed by atoms with Crippen LogP contribution in [0.25, 0.3) is 0 Å². The summed E-state index contributed by atoms with van der Waals surface area (Å²) in [6, 6.07) is 6.45. The van der Waals surface area contributed by atoms with Crippen LogP contribution in [0, 0.1) is 13.8 Å². The van der Waals surface area contributed by atoms with Crippen molar-refractivity contribution in [1.82, 2.24) is 0 Å². The Morgan fingerprint density at radius 1 is 1.24 bits per heavy atom. The van der Waals surface area contributed by atoms with E-state index in [1.807, 2.05) is 0 Å². The van der Waals surface area contributed by atoms with Crippen LogP contribution in [0.15, 0.2) is 18.2 Å². The molecule has 2 rings (SSSR count). The quantitative estimate of drug-likeness (QED) is 0.867. The van der Waals surface area contributed by atoms with Gasteiger partial charge in [-0.1, -0.05) is 18.2 Å². The summed E-state index contributed by atoms with van der Waals surface area (Å²) in [4.78, 5) is 0. The van der Waals surface area contributed by atoms with Gasteiger partial charge in [0.2, 0.25) is 0 Å². The smallest absolute Gasteiger partial charge is 0.159 e. The van der Waals surface area contributed by atoms with Crippen molar-refractivity contribution < 1.29 is 9.47 Å². The molecule has 1 aromatic carbocycles. The molecule has 17 heavy (non-hydrogen) atoms. The molecule has 94 valence electrons. The first-order valence-corrected chi connectivity index (χ1v) is 6.20. The lowest BCUT2D eigenvalue weighted by Crippen LogP contribution is -2.29. The molecule has 1 atom stereocenters. The highest BCUT2D eigenvalue weighted by Gasteiger charge is 2.20. The third kappa shape index (κ3) is 3.28. The van der Waals surface area contributed by atoms with Gasteiger partial charge in [0.1, 0.15) is 0 Å². The van der Waals surface area contributed by atoms with Crippen LogP contribution in [0.4, 0.5) is 0 Å². The molecule has 0 aromatic heterocycles. The first-order valence-electron chi connectivity index (χ1n) is 6.20. The second-order valence-corrected chi connectivity index (χ2v) is 4.74. The Hall–Kier alpha value is -0.900. The van der Waals surface area contributed by atoms with Crippen LogP contribution >= 0.6 is 0 Å². The zero-order valence-electron chi connectivity index (χ0n) is 10.6. The number of aryl methyl sites for hydroxylation is 2. The molecule has 1 fully saturated rings. The van der Waals surface area contributed by atoms with E-state index in [1.54, 1.807) is 0 Å². The predicted octanol–water partition coefficient (Wildman–Crippen LogP) is 1.94. The molecule has 0 spiro atoms. The van der Waals surface area contributed by atoms with E-state index in [1.165, 1.54) is 16.7 Å². The van der Waals surface area contributed by atoms with Crippen LogP contribution in [-0.4, -0.2) is 25.5 Å². The molecule has 1 aliphatic rings. The summed E-state index contributed by atoms with van der Waals surface area (Å²) in [5.74, 6) is 0. The van der Waals surface area contributed by atoms with Crippen LogP contribution < -0.4 is 5.73 Å². The number of benzene rings is 1. The van der Waals surface area contributed by atoms with Gasteiger partial charge < -0.3 is 15.2 Å². The van der Waals surface area contributed by atoms with Gasteiger partial charge in [-0.2, -0.15) is 0 Å². The summed E-state index contributed by atoms with van der Waals surface area (Å²) in [5.41, 5.74) is 10.1. The van der Waals surface area contributed by atoms with Crippen molar-refractivity contribution in [3.63, 3.8) is 0 Å². The highest BCUT2D eigenvalue weighted by molar-refractivity contribution is 5.34. The fraction of sp³-hybridized carbons (Fsp3) is 0.571. The molecule has 3 nitrogen and oxygen atoms in total. The van der Waals surface area contributed by atoms with E-state index in [9.17, 15) is 0 Å². The zero-order valence-corrected chi connectivity index (χ0v) is 10.6. The molecule has 2 N–H and O–H groups in total. The number of rotatable bonds is 4. The average Bonchev–Trinajstić information content (AvgIpc) is 2.76. The summed E-state index contributed by atoms with van der Waals surface area (Å²) < 4.78 is 10.8. The Labute approximate surface area is 103 Å². The van der Waals surface area contributed by atoms with Crippen molar-refractivity contribution in [3.05, 3.63) is 34.9 Å². The van der Waals surface area contributed by atoms with Gasteiger partial charge in [-0.05, 0) is 37.0 Å². The highest BCUT2D eigenvalue weighted by Crippen LogP contribution is 2.18. The Kier molecular flexibility index (Phi) is 4.15. The van der Waals surface area contributed by atoms with E-state index in [0.29, 0.717) is 13.2 Å². The molecule has 0 radical (unpaired) electrons. The minimum atomic E-state index is -0.102. The second-order valence-electron chi connectivity index (χ2n) is 4.74. The van der Waals surface area contributed by atoms with Gasteiger partial charge in [0.05, 0.1) is 13.2 Å². The molecule has 1 heterocycles. The SMILES string of the molecule is Cc1cccc(C)c1CC(N)CC1OCCO1. The maximum atomic E-state index is 6.16. The largest absolute Gasteiger partial charge is 0.350 e. The fourth-order valence-electron chi connectivity index (χ4n) is 2.31. The third-order valence-electron chi connectivity index (χ3n) is 3.30. The monoisotopic (exact) mass is 235 g/mol. The molecule has 1 aliphatic heterocycles. The lowest BCUT2D eigenvalue weighted by molar-refractivity contribution is -0.0504. The van der Waals surface area contributed by atoms with Gasteiger partial charge in [-0.25, -0.2) is 0 Å². The van der Waals surface area contributed by atoms with Gasteiger partial charge >= 0.3 is 0 Å². The lowest BCUT2D eigenvalue weighted by atomic mass is 9.95. The van der Waals surface area contributed by atoms with Gasteiger partial charge in [-0.15, -0.1) is 0 Å². The summed E-state index contributed by atoms with van der Waals surface area (Å²) in [7, 11) is 0. The number of nitrogens with two attached hydrogens (primary N) is 1.